The number of hydrogen-bond acceptors (Lipinski definition) is 6. The molecule has 17 heavy (non-hydrogen) atoms. The standard InChI is InChI=1S/C9H12N4O3.Na/c1-4(2)8(14)13-5-3-11-6(9(15)16)7(10)12-5;/h3-4H,1-2H3,(H,15,16)(H3,10,12,13,14);/q;+1/p-1. The molecule has 0 saturated carbocycles. The molecule has 1 rings (SSSR count). The van der Waals surface area contributed by atoms with Crippen molar-refractivity contribution in [3.63, 3.8) is 0 Å². The van der Waals surface area contributed by atoms with Crippen LogP contribution < -0.4 is 45.7 Å². The van der Waals surface area contributed by atoms with Gasteiger partial charge in [-0.1, -0.05) is 13.8 Å². The third-order valence-electron chi connectivity index (χ3n) is 1.77. The van der Waals surface area contributed by atoms with E-state index in [0.717, 1.165) is 6.20 Å². The SMILES string of the molecule is CC(C)C(=O)Nc1cnc(C(=O)[O-])c(N)n1.[Na+]. The number of aromatic carboxylic acids is 1. The Bertz CT molecular complexity index is 436. The normalized spacial score (nSPS) is 9.59. The average Bonchev–Trinajstić information content (AvgIpc) is 2.16. The summed E-state index contributed by atoms with van der Waals surface area (Å²) in [4.78, 5) is 29.0. The maximum absolute atomic E-state index is 11.3. The maximum atomic E-state index is 11.3. The zero-order valence-electron chi connectivity index (χ0n) is 9.85. The molecule has 8 heteroatoms. The minimum absolute atomic E-state index is 0. The van der Waals surface area contributed by atoms with Gasteiger partial charge in [0.2, 0.25) is 5.91 Å². The van der Waals surface area contributed by atoms with E-state index >= 15 is 0 Å². The van der Waals surface area contributed by atoms with Gasteiger partial charge in [0.05, 0.1) is 12.2 Å². The summed E-state index contributed by atoms with van der Waals surface area (Å²) in [5, 5.41) is 12.9. The number of carbonyl (C=O) groups is 2. The topological polar surface area (TPSA) is 121 Å². The summed E-state index contributed by atoms with van der Waals surface area (Å²) < 4.78 is 0. The number of hydrogen-bond donors (Lipinski definition) is 2. The Labute approximate surface area is 120 Å². The predicted octanol–water partition coefficient (Wildman–Crippen LogP) is -3.98. The van der Waals surface area contributed by atoms with Crippen molar-refractivity contribution in [2.45, 2.75) is 13.8 Å². The third kappa shape index (κ3) is 4.29. The fraction of sp³-hybridized carbons (Fsp3) is 0.333. The summed E-state index contributed by atoms with van der Waals surface area (Å²) in [6, 6.07) is 0. The molecule has 86 valence electrons. The van der Waals surface area contributed by atoms with Crippen LogP contribution in [0.5, 0.6) is 0 Å². The monoisotopic (exact) mass is 246 g/mol. The molecule has 0 aliphatic heterocycles. The Balaban J connectivity index is 0.00000256. The van der Waals surface area contributed by atoms with Crippen LogP contribution in [0.2, 0.25) is 0 Å². The van der Waals surface area contributed by atoms with E-state index in [0.29, 0.717) is 0 Å². The van der Waals surface area contributed by atoms with Gasteiger partial charge >= 0.3 is 29.6 Å². The molecular formula is C9H11N4NaO3. The van der Waals surface area contributed by atoms with Gasteiger partial charge in [0.15, 0.2) is 11.6 Å². The van der Waals surface area contributed by atoms with Crippen molar-refractivity contribution in [2.24, 2.45) is 5.92 Å². The Morgan fingerprint density at radius 2 is 2.06 bits per heavy atom. The number of nitrogens with zero attached hydrogens (tertiary/aromatic N) is 2. The molecular weight excluding hydrogens is 235 g/mol. The zero-order valence-corrected chi connectivity index (χ0v) is 11.9. The maximum Gasteiger partial charge on any atom is 1.00 e. The molecule has 1 amide bonds. The number of nitrogens with two attached hydrogens (primary N) is 1. The van der Waals surface area contributed by atoms with Crippen molar-refractivity contribution >= 4 is 23.5 Å². The van der Waals surface area contributed by atoms with Crippen molar-refractivity contribution in [3.8, 4) is 0 Å². The second-order valence-electron chi connectivity index (χ2n) is 3.42. The van der Waals surface area contributed by atoms with E-state index in [1.807, 2.05) is 0 Å². The molecule has 0 fully saturated rings. The number of carboxylic acids is 1. The van der Waals surface area contributed by atoms with Crippen molar-refractivity contribution < 1.29 is 44.3 Å². The first-order valence-electron chi connectivity index (χ1n) is 4.56. The summed E-state index contributed by atoms with van der Waals surface area (Å²) >= 11 is 0. The van der Waals surface area contributed by atoms with Crippen molar-refractivity contribution in [1.29, 1.82) is 0 Å². The number of carboxylic acid groups (broad SMARTS) is 1. The average molecular weight is 246 g/mol. The number of nitrogens with one attached hydrogen (secondary N) is 1. The van der Waals surface area contributed by atoms with Crippen LogP contribution in [0.1, 0.15) is 24.3 Å². The Kier molecular flexibility index (Phi) is 6.08. The van der Waals surface area contributed by atoms with Gasteiger partial charge in [-0.15, -0.1) is 0 Å². The number of nitrogen functional groups attached to an aromatic ring is 1. The van der Waals surface area contributed by atoms with Crippen LogP contribution in [0.25, 0.3) is 0 Å². The molecule has 0 spiro atoms. The first-order chi connectivity index (χ1) is 7.41. The van der Waals surface area contributed by atoms with Gasteiger partial charge in [-0.3, -0.25) is 4.79 Å². The first kappa shape index (κ1) is 15.8. The van der Waals surface area contributed by atoms with Gasteiger partial charge in [0, 0.05) is 5.92 Å². The number of aromatic nitrogens is 2. The number of rotatable bonds is 3. The van der Waals surface area contributed by atoms with E-state index in [9.17, 15) is 14.7 Å². The Morgan fingerprint density at radius 1 is 1.47 bits per heavy atom. The molecule has 3 N–H and O–H groups in total. The van der Waals surface area contributed by atoms with Gasteiger partial charge in [0.25, 0.3) is 0 Å². The smallest absolute Gasteiger partial charge is 0.543 e. The molecule has 0 atom stereocenters. The quantitative estimate of drug-likeness (QED) is 0.524. The van der Waals surface area contributed by atoms with Crippen LogP contribution in [0.15, 0.2) is 6.20 Å². The number of carbonyl (C=O) groups excluding carboxylic acids is 2. The largest absolute Gasteiger partial charge is 1.00 e. The molecule has 7 nitrogen and oxygen atoms in total. The molecule has 0 saturated heterocycles. The third-order valence-corrected chi connectivity index (χ3v) is 1.77. The van der Waals surface area contributed by atoms with E-state index in [4.69, 9.17) is 5.73 Å². The molecule has 0 aliphatic carbocycles. The van der Waals surface area contributed by atoms with Crippen LogP contribution >= 0.6 is 0 Å². The number of amides is 1. The van der Waals surface area contributed by atoms with Crippen LogP contribution in [0, 0.1) is 5.92 Å². The van der Waals surface area contributed by atoms with Crippen LogP contribution in [-0.4, -0.2) is 21.8 Å². The Morgan fingerprint density at radius 3 is 2.47 bits per heavy atom. The minimum atomic E-state index is -1.51. The molecule has 1 heterocycles. The minimum Gasteiger partial charge on any atom is -0.543 e. The van der Waals surface area contributed by atoms with Gasteiger partial charge < -0.3 is 21.0 Å². The van der Waals surface area contributed by atoms with Crippen molar-refractivity contribution in [2.75, 3.05) is 11.1 Å². The predicted molar refractivity (Wildman–Crippen MR) is 54.2 cm³/mol. The van der Waals surface area contributed by atoms with Crippen LogP contribution in [0.3, 0.4) is 0 Å². The molecule has 0 aromatic carbocycles. The molecule has 1 aromatic rings. The number of anilines is 2. The van der Waals surface area contributed by atoms with E-state index in [1.165, 1.54) is 0 Å². The fourth-order valence-corrected chi connectivity index (χ4v) is 0.891. The van der Waals surface area contributed by atoms with Gasteiger partial charge in [-0.2, -0.15) is 0 Å². The summed E-state index contributed by atoms with van der Waals surface area (Å²) in [6.45, 7) is 3.42. The molecule has 0 unspecified atom stereocenters. The summed E-state index contributed by atoms with van der Waals surface area (Å²) in [5.74, 6) is -2.16. The van der Waals surface area contributed by atoms with Crippen molar-refractivity contribution in [3.05, 3.63) is 11.9 Å². The van der Waals surface area contributed by atoms with Crippen LogP contribution in [0.4, 0.5) is 11.6 Å². The first-order valence-corrected chi connectivity index (χ1v) is 4.56. The van der Waals surface area contributed by atoms with Gasteiger partial charge in [0.1, 0.15) is 5.69 Å². The molecule has 0 radical (unpaired) electrons. The summed E-state index contributed by atoms with van der Waals surface area (Å²) in [5.41, 5.74) is 4.89. The molecule has 0 aliphatic rings. The fourth-order valence-electron chi connectivity index (χ4n) is 0.891. The zero-order chi connectivity index (χ0) is 12.3. The summed E-state index contributed by atoms with van der Waals surface area (Å²) in [7, 11) is 0. The van der Waals surface area contributed by atoms with E-state index < -0.39 is 11.7 Å². The molecule has 0 bridgehead atoms. The Hall–Kier alpha value is -1.18. The van der Waals surface area contributed by atoms with Gasteiger partial charge in [-0.05, 0) is 0 Å². The second-order valence-corrected chi connectivity index (χ2v) is 3.42. The summed E-state index contributed by atoms with van der Waals surface area (Å²) in [6.07, 6.45) is 1.11. The van der Waals surface area contributed by atoms with E-state index in [-0.39, 0.29) is 53.0 Å². The van der Waals surface area contributed by atoms with Crippen molar-refractivity contribution in [1.82, 2.24) is 9.97 Å². The van der Waals surface area contributed by atoms with E-state index in [2.05, 4.69) is 15.3 Å². The molecule has 1 aromatic heterocycles. The van der Waals surface area contributed by atoms with E-state index in [1.54, 1.807) is 13.8 Å². The second kappa shape index (κ2) is 6.53. The van der Waals surface area contributed by atoms with Crippen LogP contribution in [-0.2, 0) is 4.79 Å². The van der Waals surface area contributed by atoms with Gasteiger partial charge in [-0.25, -0.2) is 9.97 Å².